The molecule has 0 aliphatic carbocycles. The van der Waals surface area contributed by atoms with Crippen LogP contribution in [0, 0.1) is 0 Å². The van der Waals surface area contributed by atoms with Gasteiger partial charge in [0.2, 0.25) is 0 Å². The Balaban J connectivity index is 3.06. The van der Waals surface area contributed by atoms with E-state index in [2.05, 4.69) is 43.9 Å². The monoisotopic (exact) mass is 263 g/mol. The van der Waals surface area contributed by atoms with Crippen LogP contribution < -0.4 is 4.90 Å². The number of hydrogen-bond acceptors (Lipinski definition) is 2. The van der Waals surface area contributed by atoms with Crippen molar-refractivity contribution in [2.75, 3.05) is 11.4 Å². The summed E-state index contributed by atoms with van der Waals surface area (Å²) in [6.07, 6.45) is 3.93. The maximum atomic E-state index is 10.2. The molecule has 0 spiro atoms. The fraction of sp³-hybridized carbons (Fsp3) is 0.647. The van der Waals surface area contributed by atoms with Gasteiger partial charge in [-0.25, -0.2) is 0 Å². The van der Waals surface area contributed by atoms with Crippen LogP contribution in [-0.4, -0.2) is 17.7 Å². The first-order chi connectivity index (χ1) is 9.15. The van der Waals surface area contributed by atoms with Crippen molar-refractivity contribution in [2.24, 2.45) is 0 Å². The number of anilines is 1. The molecule has 0 aromatic heterocycles. The van der Waals surface area contributed by atoms with Crippen LogP contribution in [-0.2, 0) is 0 Å². The predicted octanol–water partition coefficient (Wildman–Crippen LogP) is 4.54. The van der Waals surface area contributed by atoms with Gasteiger partial charge in [0, 0.05) is 23.8 Å². The summed E-state index contributed by atoms with van der Waals surface area (Å²) in [6.45, 7) is 9.81. The third-order valence-electron chi connectivity index (χ3n) is 3.87. The maximum Gasteiger partial charge on any atom is 0.0807 e. The lowest BCUT2D eigenvalue weighted by atomic mass is 10.0. The Morgan fingerprint density at radius 2 is 1.79 bits per heavy atom. The third-order valence-corrected chi connectivity index (χ3v) is 3.87. The van der Waals surface area contributed by atoms with E-state index < -0.39 is 0 Å². The number of para-hydroxylation sites is 1. The molecule has 0 fully saturated rings. The minimum atomic E-state index is -0.357. The Morgan fingerprint density at radius 1 is 1.11 bits per heavy atom. The molecule has 0 radical (unpaired) electrons. The fourth-order valence-corrected chi connectivity index (χ4v) is 2.38. The molecule has 0 saturated carbocycles. The third kappa shape index (κ3) is 4.24. The highest BCUT2D eigenvalue weighted by atomic mass is 16.3. The summed E-state index contributed by atoms with van der Waals surface area (Å²) < 4.78 is 0. The highest BCUT2D eigenvalue weighted by Gasteiger charge is 2.18. The number of aliphatic hydroxyl groups excluding tert-OH is 1. The van der Waals surface area contributed by atoms with Crippen LogP contribution >= 0.6 is 0 Å². The summed E-state index contributed by atoms with van der Waals surface area (Å²) in [4.78, 5) is 2.46. The van der Waals surface area contributed by atoms with Crippen LogP contribution in [0.4, 0.5) is 5.69 Å². The summed E-state index contributed by atoms with van der Waals surface area (Å²) in [6, 6.07) is 8.81. The van der Waals surface area contributed by atoms with Gasteiger partial charge in [-0.2, -0.15) is 0 Å². The summed E-state index contributed by atoms with van der Waals surface area (Å²) in [5.41, 5.74) is 2.28. The largest absolute Gasteiger partial charge is 0.388 e. The molecule has 2 nitrogen and oxygen atoms in total. The van der Waals surface area contributed by atoms with Crippen molar-refractivity contribution in [3.8, 4) is 0 Å². The van der Waals surface area contributed by atoms with E-state index in [0.29, 0.717) is 6.04 Å². The van der Waals surface area contributed by atoms with Gasteiger partial charge in [0.15, 0.2) is 0 Å². The van der Waals surface area contributed by atoms with E-state index in [1.165, 1.54) is 18.5 Å². The van der Waals surface area contributed by atoms with Crippen molar-refractivity contribution >= 4 is 5.69 Å². The maximum absolute atomic E-state index is 10.2. The van der Waals surface area contributed by atoms with E-state index in [1.54, 1.807) is 0 Å². The molecule has 2 atom stereocenters. The first-order valence-electron chi connectivity index (χ1n) is 7.69. The number of aliphatic hydroxyl groups is 1. The Hall–Kier alpha value is -1.02. The van der Waals surface area contributed by atoms with E-state index in [-0.39, 0.29) is 6.10 Å². The second kappa shape index (κ2) is 8.21. The van der Waals surface area contributed by atoms with E-state index in [4.69, 9.17) is 0 Å². The summed E-state index contributed by atoms with van der Waals surface area (Å²) in [5, 5.41) is 10.2. The zero-order chi connectivity index (χ0) is 14.3. The average Bonchev–Trinajstić information content (AvgIpc) is 2.46. The van der Waals surface area contributed by atoms with Crippen LogP contribution in [0.25, 0.3) is 0 Å². The van der Waals surface area contributed by atoms with E-state index in [1.807, 2.05) is 13.0 Å². The lowest BCUT2D eigenvalue weighted by Crippen LogP contribution is -2.34. The van der Waals surface area contributed by atoms with Gasteiger partial charge in [0.1, 0.15) is 0 Å². The number of unbranched alkanes of at least 4 members (excludes halogenated alkanes) is 1. The second-order valence-electron chi connectivity index (χ2n) is 5.29. The van der Waals surface area contributed by atoms with Crippen LogP contribution in [0.5, 0.6) is 0 Å². The predicted molar refractivity (Wildman–Crippen MR) is 83.7 cm³/mol. The summed E-state index contributed by atoms with van der Waals surface area (Å²) in [7, 11) is 0. The average molecular weight is 263 g/mol. The van der Waals surface area contributed by atoms with Gasteiger partial charge in [0.05, 0.1) is 6.10 Å². The molecule has 0 aliphatic rings. The molecular weight excluding hydrogens is 234 g/mol. The number of nitrogens with zero attached hydrogens (tertiary/aromatic N) is 1. The first-order valence-corrected chi connectivity index (χ1v) is 7.69. The molecule has 0 saturated heterocycles. The Bertz CT molecular complexity index is 364. The number of benzene rings is 1. The zero-order valence-electron chi connectivity index (χ0n) is 12.9. The van der Waals surface area contributed by atoms with Crippen molar-refractivity contribution in [1.29, 1.82) is 0 Å². The van der Waals surface area contributed by atoms with Crippen molar-refractivity contribution in [3.05, 3.63) is 29.8 Å². The smallest absolute Gasteiger partial charge is 0.0807 e. The Kier molecular flexibility index (Phi) is 6.93. The van der Waals surface area contributed by atoms with Crippen LogP contribution in [0.1, 0.15) is 65.0 Å². The topological polar surface area (TPSA) is 23.5 Å². The lowest BCUT2D eigenvalue weighted by Gasteiger charge is -2.33. The van der Waals surface area contributed by atoms with Crippen LogP contribution in [0.2, 0.25) is 0 Å². The van der Waals surface area contributed by atoms with E-state index in [0.717, 1.165) is 24.9 Å². The second-order valence-corrected chi connectivity index (χ2v) is 5.29. The molecule has 0 aliphatic heterocycles. The quantitative estimate of drug-likeness (QED) is 0.744. The lowest BCUT2D eigenvalue weighted by molar-refractivity contribution is 0.174. The Morgan fingerprint density at radius 3 is 2.37 bits per heavy atom. The van der Waals surface area contributed by atoms with Gasteiger partial charge < -0.3 is 10.0 Å². The first kappa shape index (κ1) is 16.0. The summed E-state index contributed by atoms with van der Waals surface area (Å²) in [5.74, 6) is 0. The van der Waals surface area contributed by atoms with Gasteiger partial charge in [-0.1, -0.05) is 45.4 Å². The molecule has 1 unspecified atom stereocenters. The molecule has 0 amide bonds. The van der Waals surface area contributed by atoms with Crippen molar-refractivity contribution < 1.29 is 5.11 Å². The molecule has 1 aromatic carbocycles. The van der Waals surface area contributed by atoms with Crippen molar-refractivity contribution in [3.63, 3.8) is 0 Å². The van der Waals surface area contributed by atoms with Gasteiger partial charge >= 0.3 is 0 Å². The highest BCUT2D eigenvalue weighted by Crippen LogP contribution is 2.30. The van der Waals surface area contributed by atoms with Crippen molar-refractivity contribution in [2.45, 2.75) is 65.5 Å². The Labute approximate surface area is 118 Å². The molecule has 1 aromatic rings. The van der Waals surface area contributed by atoms with Gasteiger partial charge in [0.25, 0.3) is 0 Å². The molecule has 1 rings (SSSR count). The number of rotatable bonds is 8. The minimum absolute atomic E-state index is 0.357. The van der Waals surface area contributed by atoms with Crippen LogP contribution in [0.15, 0.2) is 24.3 Å². The molecule has 2 heteroatoms. The molecular formula is C17H29NO. The van der Waals surface area contributed by atoms with E-state index >= 15 is 0 Å². The fourth-order valence-electron chi connectivity index (χ4n) is 2.38. The molecule has 19 heavy (non-hydrogen) atoms. The van der Waals surface area contributed by atoms with E-state index in [9.17, 15) is 5.11 Å². The zero-order valence-corrected chi connectivity index (χ0v) is 12.9. The standard InChI is InChI=1S/C17H29NO/c1-5-8-13-18(14(4)6-2)16-12-10-9-11-15(16)17(19)7-3/h9-12,14,17,19H,5-8,13H2,1-4H3/t14?,17-/m0/s1. The molecule has 108 valence electrons. The van der Waals surface area contributed by atoms with Crippen molar-refractivity contribution in [1.82, 2.24) is 0 Å². The van der Waals surface area contributed by atoms with Gasteiger partial charge in [-0.05, 0) is 32.3 Å². The minimum Gasteiger partial charge on any atom is -0.388 e. The highest BCUT2D eigenvalue weighted by molar-refractivity contribution is 5.55. The number of hydrogen-bond donors (Lipinski definition) is 1. The van der Waals surface area contributed by atoms with Gasteiger partial charge in [-0.15, -0.1) is 0 Å². The van der Waals surface area contributed by atoms with Gasteiger partial charge in [-0.3, -0.25) is 0 Å². The normalized spacial score (nSPS) is 14.2. The van der Waals surface area contributed by atoms with Crippen LogP contribution in [0.3, 0.4) is 0 Å². The molecule has 0 heterocycles. The molecule has 1 N–H and O–H groups in total. The molecule has 0 bridgehead atoms. The SMILES string of the molecule is CCCCN(c1ccccc1[C@@H](O)CC)C(C)CC. The summed E-state index contributed by atoms with van der Waals surface area (Å²) >= 11 is 0.